The third kappa shape index (κ3) is 6.53. The molecule has 0 spiro atoms. The summed E-state index contributed by atoms with van der Waals surface area (Å²) in [5.74, 6) is -2.18. The van der Waals surface area contributed by atoms with Crippen molar-refractivity contribution in [2.45, 2.75) is 33.4 Å². The van der Waals surface area contributed by atoms with Crippen LogP contribution < -0.4 is 5.32 Å². The highest BCUT2D eigenvalue weighted by Gasteiger charge is 2.20. The summed E-state index contributed by atoms with van der Waals surface area (Å²) in [6.07, 6.45) is 2.54. The van der Waals surface area contributed by atoms with Gasteiger partial charge in [-0.15, -0.1) is 0 Å². The molecule has 0 atom stereocenters. The number of nitrogens with one attached hydrogen (secondary N) is 1. The molecule has 44 heavy (non-hydrogen) atoms. The summed E-state index contributed by atoms with van der Waals surface area (Å²) >= 11 is 0. The van der Waals surface area contributed by atoms with E-state index in [1.807, 2.05) is 74.5 Å². The van der Waals surface area contributed by atoms with Gasteiger partial charge in [-0.25, -0.2) is 4.79 Å². The lowest BCUT2D eigenvalue weighted by molar-refractivity contribution is -0.135. The van der Waals surface area contributed by atoms with Gasteiger partial charge < -0.3 is 19.7 Å². The molecule has 220 valence electrons. The van der Waals surface area contributed by atoms with E-state index in [2.05, 4.69) is 22.1 Å². The summed E-state index contributed by atoms with van der Waals surface area (Å²) < 4.78 is 7.81. The van der Waals surface area contributed by atoms with Gasteiger partial charge in [0, 0.05) is 35.6 Å². The fourth-order valence-corrected chi connectivity index (χ4v) is 5.29. The first-order valence-corrected chi connectivity index (χ1v) is 14.2. The van der Waals surface area contributed by atoms with Crippen molar-refractivity contribution < 1.29 is 24.2 Å². The Bertz CT molecular complexity index is 1920. The van der Waals surface area contributed by atoms with Crippen molar-refractivity contribution in [1.29, 1.82) is 5.26 Å². The summed E-state index contributed by atoms with van der Waals surface area (Å²) in [6, 6.07) is 27.9. The minimum atomic E-state index is -1.15. The van der Waals surface area contributed by atoms with E-state index in [1.54, 1.807) is 24.3 Å². The van der Waals surface area contributed by atoms with Gasteiger partial charge in [-0.3, -0.25) is 9.59 Å². The van der Waals surface area contributed by atoms with Crippen LogP contribution in [0.2, 0.25) is 0 Å². The summed E-state index contributed by atoms with van der Waals surface area (Å²) in [5, 5.41) is 21.9. The predicted octanol–water partition coefficient (Wildman–Crippen LogP) is 6.27. The number of amides is 1. The second kappa shape index (κ2) is 13.1. The van der Waals surface area contributed by atoms with Gasteiger partial charge in [0.05, 0.1) is 17.2 Å². The minimum Gasteiger partial charge on any atom is -0.480 e. The highest BCUT2D eigenvalue weighted by Crippen LogP contribution is 2.33. The first-order chi connectivity index (χ1) is 21.3. The lowest BCUT2D eigenvalue weighted by Gasteiger charge is -2.16. The van der Waals surface area contributed by atoms with Crippen molar-refractivity contribution in [1.82, 2.24) is 9.88 Å². The molecule has 0 aliphatic rings. The third-order valence-electron chi connectivity index (χ3n) is 7.49. The van der Waals surface area contributed by atoms with Crippen LogP contribution in [0, 0.1) is 18.3 Å². The SMILES string of the molecule is CCn1cc(Cc2ccc(C(=O)NCC(=O)O)cc2-c2ccc(C)cc2C(=O)OCc2ccccc2)c2ccc(C#N)cc21. The van der Waals surface area contributed by atoms with E-state index < -0.39 is 24.4 Å². The average molecular weight is 586 g/mol. The number of rotatable bonds is 10. The van der Waals surface area contributed by atoms with Gasteiger partial charge in [0.15, 0.2) is 0 Å². The zero-order valence-electron chi connectivity index (χ0n) is 24.5. The standard InChI is InChI=1S/C36H31N3O5/c1-3-39-21-28(29-14-10-25(19-37)16-33(29)39)17-26-11-12-27(35(42)38-20-34(40)41)18-31(26)30-13-9-23(2)15-32(30)36(43)44-22-24-7-5-4-6-8-24/h4-16,18,21H,3,17,20,22H2,1-2H3,(H,38,42)(H,40,41). The van der Waals surface area contributed by atoms with E-state index >= 15 is 0 Å². The lowest BCUT2D eigenvalue weighted by Crippen LogP contribution is -2.29. The molecule has 0 radical (unpaired) electrons. The average Bonchev–Trinajstić information content (AvgIpc) is 3.39. The Labute approximate surface area is 255 Å². The fraction of sp³-hybridized carbons (Fsp3) is 0.167. The van der Waals surface area contributed by atoms with E-state index in [0.717, 1.165) is 39.7 Å². The quantitative estimate of drug-likeness (QED) is 0.186. The molecule has 5 aromatic rings. The number of benzene rings is 4. The molecule has 0 aliphatic heterocycles. The molecular formula is C36H31N3O5. The molecule has 0 unspecified atom stereocenters. The Kier molecular flexibility index (Phi) is 8.87. The van der Waals surface area contributed by atoms with Crippen LogP contribution in [0.4, 0.5) is 0 Å². The van der Waals surface area contributed by atoms with E-state index in [9.17, 15) is 19.6 Å². The molecule has 2 N–H and O–H groups in total. The number of aliphatic carboxylic acids is 1. The smallest absolute Gasteiger partial charge is 0.339 e. The summed E-state index contributed by atoms with van der Waals surface area (Å²) in [4.78, 5) is 37.5. The van der Waals surface area contributed by atoms with Gasteiger partial charge in [-0.2, -0.15) is 5.26 Å². The molecule has 1 amide bonds. The Balaban J connectivity index is 1.60. The molecular weight excluding hydrogens is 554 g/mol. The monoisotopic (exact) mass is 585 g/mol. The first kappa shape index (κ1) is 29.8. The van der Waals surface area contributed by atoms with Crippen molar-refractivity contribution in [3.8, 4) is 17.2 Å². The van der Waals surface area contributed by atoms with Crippen LogP contribution in [0.5, 0.6) is 0 Å². The van der Waals surface area contributed by atoms with E-state index in [1.165, 1.54) is 0 Å². The molecule has 5 rings (SSSR count). The fourth-order valence-electron chi connectivity index (χ4n) is 5.29. The zero-order chi connectivity index (χ0) is 31.2. The van der Waals surface area contributed by atoms with Gasteiger partial charge in [0.25, 0.3) is 5.91 Å². The number of esters is 1. The van der Waals surface area contributed by atoms with Crippen molar-refractivity contribution in [3.63, 3.8) is 0 Å². The third-order valence-corrected chi connectivity index (χ3v) is 7.49. The van der Waals surface area contributed by atoms with Crippen LogP contribution in [-0.4, -0.2) is 34.1 Å². The molecule has 0 saturated carbocycles. The minimum absolute atomic E-state index is 0.110. The van der Waals surface area contributed by atoms with Crippen molar-refractivity contribution in [3.05, 3.63) is 130 Å². The molecule has 0 saturated heterocycles. The van der Waals surface area contributed by atoms with Crippen LogP contribution in [0.3, 0.4) is 0 Å². The molecule has 8 heteroatoms. The number of hydrogen-bond acceptors (Lipinski definition) is 5. The van der Waals surface area contributed by atoms with Gasteiger partial charge in [0.2, 0.25) is 0 Å². The van der Waals surface area contributed by atoms with Gasteiger partial charge in [-0.1, -0.05) is 60.2 Å². The Hall–Kier alpha value is -5.68. The molecule has 1 aromatic heterocycles. The maximum absolute atomic E-state index is 13.5. The number of carbonyl (C=O) groups excluding carboxylic acids is 2. The molecule has 0 fully saturated rings. The molecule has 0 aliphatic carbocycles. The number of aromatic nitrogens is 1. The number of nitriles is 1. The Morgan fingerprint density at radius 1 is 0.932 bits per heavy atom. The zero-order valence-corrected chi connectivity index (χ0v) is 24.5. The van der Waals surface area contributed by atoms with Crippen molar-refractivity contribution in [2.75, 3.05) is 6.54 Å². The van der Waals surface area contributed by atoms with E-state index in [4.69, 9.17) is 9.84 Å². The number of ether oxygens (including phenoxy) is 1. The van der Waals surface area contributed by atoms with Crippen LogP contribution in [0.1, 0.15) is 55.5 Å². The Morgan fingerprint density at radius 3 is 2.45 bits per heavy atom. The number of aryl methyl sites for hydroxylation is 2. The number of fused-ring (bicyclic) bond motifs is 1. The topological polar surface area (TPSA) is 121 Å². The molecule has 1 heterocycles. The molecule has 0 bridgehead atoms. The second-order valence-corrected chi connectivity index (χ2v) is 10.5. The van der Waals surface area contributed by atoms with E-state index in [0.29, 0.717) is 28.7 Å². The predicted molar refractivity (Wildman–Crippen MR) is 167 cm³/mol. The first-order valence-electron chi connectivity index (χ1n) is 14.2. The number of nitrogens with zero attached hydrogens (tertiary/aromatic N) is 2. The maximum Gasteiger partial charge on any atom is 0.339 e. The van der Waals surface area contributed by atoms with Crippen molar-refractivity contribution in [2.24, 2.45) is 0 Å². The number of hydrogen-bond donors (Lipinski definition) is 2. The highest BCUT2D eigenvalue weighted by molar-refractivity contribution is 6.01. The summed E-state index contributed by atoms with van der Waals surface area (Å²) in [5.41, 5.74) is 7.03. The van der Waals surface area contributed by atoms with E-state index in [-0.39, 0.29) is 12.2 Å². The van der Waals surface area contributed by atoms with Crippen LogP contribution in [0.15, 0.2) is 91.1 Å². The number of carboxylic acid groups (broad SMARTS) is 1. The molecule has 8 nitrogen and oxygen atoms in total. The maximum atomic E-state index is 13.5. The largest absolute Gasteiger partial charge is 0.480 e. The van der Waals surface area contributed by atoms with Crippen LogP contribution >= 0.6 is 0 Å². The Morgan fingerprint density at radius 2 is 1.73 bits per heavy atom. The van der Waals surface area contributed by atoms with Crippen LogP contribution in [-0.2, 0) is 29.1 Å². The van der Waals surface area contributed by atoms with Gasteiger partial charge in [0.1, 0.15) is 13.2 Å². The van der Waals surface area contributed by atoms with Crippen molar-refractivity contribution >= 4 is 28.7 Å². The van der Waals surface area contributed by atoms with Crippen LogP contribution in [0.25, 0.3) is 22.0 Å². The summed E-state index contributed by atoms with van der Waals surface area (Å²) in [6.45, 7) is 4.25. The van der Waals surface area contributed by atoms with Gasteiger partial charge in [-0.05, 0) is 72.0 Å². The normalized spacial score (nSPS) is 10.8. The molecule has 4 aromatic carbocycles. The summed E-state index contributed by atoms with van der Waals surface area (Å²) in [7, 11) is 0. The second-order valence-electron chi connectivity index (χ2n) is 10.5. The number of carboxylic acids is 1. The lowest BCUT2D eigenvalue weighted by atomic mass is 9.89. The highest BCUT2D eigenvalue weighted by atomic mass is 16.5. The van der Waals surface area contributed by atoms with Gasteiger partial charge >= 0.3 is 11.9 Å². The number of carbonyl (C=O) groups is 3.